The molecule has 1 aliphatic rings. The molecule has 5 nitrogen and oxygen atoms in total. The molecule has 27 heavy (non-hydrogen) atoms. The number of halogens is 1. The molecule has 1 aromatic rings. The van der Waals surface area contributed by atoms with Crippen LogP contribution < -0.4 is 10.6 Å². The number of amides is 1. The van der Waals surface area contributed by atoms with E-state index in [0.29, 0.717) is 18.7 Å². The lowest BCUT2D eigenvalue weighted by molar-refractivity contribution is 0.0956. The van der Waals surface area contributed by atoms with Gasteiger partial charge in [-0.25, -0.2) is 0 Å². The monoisotopic (exact) mass is 486 g/mol. The maximum atomic E-state index is 11.8. The van der Waals surface area contributed by atoms with Gasteiger partial charge in [-0.3, -0.25) is 9.79 Å². The van der Waals surface area contributed by atoms with Gasteiger partial charge in [0.2, 0.25) is 0 Å². The maximum absolute atomic E-state index is 11.8. The van der Waals surface area contributed by atoms with E-state index < -0.39 is 0 Å². The number of carbonyl (C=O) groups is 1. The van der Waals surface area contributed by atoms with Gasteiger partial charge in [0.15, 0.2) is 5.96 Å². The van der Waals surface area contributed by atoms with Gasteiger partial charge in [-0.1, -0.05) is 31.9 Å². The van der Waals surface area contributed by atoms with Gasteiger partial charge in [0.05, 0.1) is 0 Å². The molecule has 1 fully saturated rings. The summed E-state index contributed by atoms with van der Waals surface area (Å²) in [6.45, 7) is 6.69. The average molecular weight is 486 g/mol. The molecule has 1 amide bonds. The summed E-state index contributed by atoms with van der Waals surface area (Å²) in [5.41, 5.74) is 1.84. The normalized spacial score (nSPS) is 19.8. The predicted molar refractivity (Wildman–Crippen MR) is 124 cm³/mol. The largest absolute Gasteiger partial charge is 0.352 e. The summed E-state index contributed by atoms with van der Waals surface area (Å²) < 4.78 is 0. The second kappa shape index (κ2) is 12.2. The van der Waals surface area contributed by atoms with E-state index in [1.54, 1.807) is 0 Å². The zero-order valence-electron chi connectivity index (χ0n) is 17.1. The molecule has 0 aliphatic heterocycles. The molecular weight excluding hydrogens is 451 g/mol. The van der Waals surface area contributed by atoms with Crippen LogP contribution in [0.5, 0.6) is 0 Å². The third-order valence-corrected chi connectivity index (χ3v) is 5.24. The van der Waals surface area contributed by atoms with Crippen molar-refractivity contribution in [2.24, 2.45) is 16.8 Å². The molecule has 2 N–H and O–H groups in total. The Balaban J connectivity index is 0.00000364. The molecule has 1 aromatic carbocycles. The fourth-order valence-corrected chi connectivity index (χ4v) is 3.59. The van der Waals surface area contributed by atoms with E-state index in [0.717, 1.165) is 29.9 Å². The van der Waals surface area contributed by atoms with E-state index in [-0.39, 0.29) is 29.9 Å². The molecule has 0 heterocycles. The Bertz CT molecular complexity index is 595. The molecular formula is C21H35IN4O. The van der Waals surface area contributed by atoms with Crippen molar-refractivity contribution >= 4 is 35.8 Å². The number of nitrogens with one attached hydrogen (secondary N) is 2. The number of nitrogens with zero attached hydrogens (tertiary/aromatic N) is 2. The standard InChI is InChI=1S/C21H34N4O.HI/c1-5-23-20(26)19-12-10-17(11-13-19)14-24-21(22-3)25(4)15-18-8-6-16(2)7-9-18;/h10-13,16,18H,5-9,14-15H2,1-4H3,(H,22,24)(H,23,26);1H. The molecule has 152 valence electrons. The predicted octanol–water partition coefficient (Wildman–Crippen LogP) is 3.89. The van der Waals surface area contributed by atoms with Crippen molar-refractivity contribution in [3.8, 4) is 0 Å². The summed E-state index contributed by atoms with van der Waals surface area (Å²) in [5.74, 6) is 2.56. The minimum atomic E-state index is -0.0237. The van der Waals surface area contributed by atoms with E-state index in [4.69, 9.17) is 0 Å². The minimum Gasteiger partial charge on any atom is -0.352 e. The van der Waals surface area contributed by atoms with Crippen molar-refractivity contribution in [2.45, 2.75) is 46.1 Å². The SMILES string of the molecule is CCNC(=O)c1ccc(CNC(=NC)N(C)CC2CCC(C)CC2)cc1.I. The summed E-state index contributed by atoms with van der Waals surface area (Å²) in [4.78, 5) is 18.5. The van der Waals surface area contributed by atoms with Crippen molar-refractivity contribution in [3.05, 3.63) is 35.4 Å². The highest BCUT2D eigenvalue weighted by Gasteiger charge is 2.20. The first-order valence-corrected chi connectivity index (χ1v) is 9.82. The number of rotatable bonds is 6. The maximum Gasteiger partial charge on any atom is 0.251 e. The minimum absolute atomic E-state index is 0. The van der Waals surface area contributed by atoms with Crippen LogP contribution in [0.4, 0.5) is 0 Å². The third-order valence-electron chi connectivity index (χ3n) is 5.24. The number of guanidine groups is 1. The van der Waals surface area contributed by atoms with Crippen LogP contribution in [0.15, 0.2) is 29.3 Å². The number of benzene rings is 1. The molecule has 2 rings (SSSR count). The van der Waals surface area contributed by atoms with E-state index in [9.17, 15) is 4.79 Å². The van der Waals surface area contributed by atoms with Gasteiger partial charge in [-0.15, -0.1) is 24.0 Å². The molecule has 0 bridgehead atoms. The fraction of sp³-hybridized carbons (Fsp3) is 0.619. The van der Waals surface area contributed by atoms with Crippen LogP contribution in [-0.4, -0.2) is 44.0 Å². The second-order valence-corrected chi connectivity index (χ2v) is 7.46. The number of aliphatic imine (C=N–C) groups is 1. The first kappa shape index (κ1) is 23.7. The average Bonchev–Trinajstić information content (AvgIpc) is 2.65. The molecule has 0 atom stereocenters. The fourth-order valence-electron chi connectivity index (χ4n) is 3.59. The van der Waals surface area contributed by atoms with Gasteiger partial charge in [0.1, 0.15) is 0 Å². The van der Waals surface area contributed by atoms with Crippen LogP contribution in [0.25, 0.3) is 0 Å². The van der Waals surface area contributed by atoms with Crippen LogP contribution in [-0.2, 0) is 6.54 Å². The Labute approximate surface area is 181 Å². The van der Waals surface area contributed by atoms with Gasteiger partial charge < -0.3 is 15.5 Å². The van der Waals surface area contributed by atoms with E-state index in [2.05, 4.69) is 34.5 Å². The molecule has 6 heteroatoms. The van der Waals surface area contributed by atoms with Gasteiger partial charge in [-0.05, 0) is 49.3 Å². The zero-order chi connectivity index (χ0) is 18.9. The molecule has 1 aliphatic carbocycles. The number of carbonyl (C=O) groups excluding carboxylic acids is 1. The van der Waals surface area contributed by atoms with E-state index in [1.807, 2.05) is 38.2 Å². The van der Waals surface area contributed by atoms with E-state index >= 15 is 0 Å². The highest BCUT2D eigenvalue weighted by molar-refractivity contribution is 14.0. The second-order valence-electron chi connectivity index (χ2n) is 7.46. The van der Waals surface area contributed by atoms with Crippen molar-refractivity contribution < 1.29 is 4.79 Å². The topological polar surface area (TPSA) is 56.7 Å². The van der Waals surface area contributed by atoms with Crippen LogP contribution >= 0.6 is 24.0 Å². The van der Waals surface area contributed by atoms with Crippen LogP contribution in [0.2, 0.25) is 0 Å². The highest BCUT2D eigenvalue weighted by atomic mass is 127. The molecule has 0 aromatic heterocycles. The van der Waals surface area contributed by atoms with Gasteiger partial charge >= 0.3 is 0 Å². The highest BCUT2D eigenvalue weighted by Crippen LogP contribution is 2.28. The van der Waals surface area contributed by atoms with Crippen molar-refractivity contribution in [2.75, 3.05) is 27.2 Å². The Morgan fingerprint density at radius 2 is 1.78 bits per heavy atom. The lowest BCUT2D eigenvalue weighted by Crippen LogP contribution is -2.41. The molecule has 0 saturated heterocycles. The zero-order valence-corrected chi connectivity index (χ0v) is 19.5. The Kier molecular flexibility index (Phi) is 10.7. The third kappa shape index (κ3) is 7.68. The van der Waals surface area contributed by atoms with Crippen molar-refractivity contribution in [3.63, 3.8) is 0 Å². The lowest BCUT2D eigenvalue weighted by atomic mass is 9.83. The number of hydrogen-bond donors (Lipinski definition) is 2. The van der Waals surface area contributed by atoms with Gasteiger partial charge in [-0.2, -0.15) is 0 Å². The first-order valence-electron chi connectivity index (χ1n) is 9.82. The Morgan fingerprint density at radius 1 is 1.15 bits per heavy atom. The quantitative estimate of drug-likeness (QED) is 0.365. The summed E-state index contributed by atoms with van der Waals surface area (Å²) in [5, 5.41) is 6.25. The first-order chi connectivity index (χ1) is 12.5. The van der Waals surface area contributed by atoms with Gasteiger partial charge in [0.25, 0.3) is 5.91 Å². The van der Waals surface area contributed by atoms with Crippen LogP contribution in [0.3, 0.4) is 0 Å². The molecule has 0 unspecified atom stereocenters. The molecule has 0 radical (unpaired) electrons. The van der Waals surface area contributed by atoms with Crippen LogP contribution in [0.1, 0.15) is 55.5 Å². The smallest absolute Gasteiger partial charge is 0.251 e. The summed E-state index contributed by atoms with van der Waals surface area (Å²) in [6.07, 6.45) is 5.35. The molecule has 0 spiro atoms. The molecule has 1 saturated carbocycles. The summed E-state index contributed by atoms with van der Waals surface area (Å²) in [6, 6.07) is 7.73. The van der Waals surface area contributed by atoms with Gasteiger partial charge in [0, 0.05) is 39.3 Å². The summed E-state index contributed by atoms with van der Waals surface area (Å²) in [7, 11) is 3.95. The van der Waals surface area contributed by atoms with E-state index in [1.165, 1.54) is 25.7 Å². The van der Waals surface area contributed by atoms with Crippen molar-refractivity contribution in [1.82, 2.24) is 15.5 Å². The Morgan fingerprint density at radius 3 is 2.33 bits per heavy atom. The van der Waals surface area contributed by atoms with Crippen LogP contribution in [0, 0.1) is 11.8 Å². The van der Waals surface area contributed by atoms with Crippen molar-refractivity contribution in [1.29, 1.82) is 0 Å². The lowest BCUT2D eigenvalue weighted by Gasteiger charge is -2.31. The number of hydrogen-bond acceptors (Lipinski definition) is 2. The Hall–Kier alpha value is -1.31. The summed E-state index contributed by atoms with van der Waals surface area (Å²) >= 11 is 0.